The molecule has 0 spiro atoms. The Kier molecular flexibility index (Phi) is 5.32. The van der Waals surface area contributed by atoms with Crippen molar-refractivity contribution in [2.24, 2.45) is 0 Å². The van der Waals surface area contributed by atoms with Crippen molar-refractivity contribution >= 4 is 21.6 Å². The summed E-state index contributed by atoms with van der Waals surface area (Å²) in [4.78, 5) is 14.7. The fraction of sp³-hybridized carbons (Fsp3) is 0.350. The minimum absolute atomic E-state index is 0.0913. The SMILES string of the molecule is Cc1ccc(NS(=O)(=O)c2cccc(C(=O)N3CCCC[C@@H]3C)c2)cc1. The average Bonchev–Trinajstić information content (AvgIpc) is 2.63. The highest BCUT2D eigenvalue weighted by molar-refractivity contribution is 7.92. The molecule has 0 bridgehead atoms. The Hall–Kier alpha value is -2.34. The van der Waals surface area contributed by atoms with Gasteiger partial charge in [0, 0.05) is 23.8 Å². The Bertz CT molecular complexity index is 892. The standard InChI is InChI=1S/C20H24N2O3S/c1-15-9-11-18(12-10-15)21-26(24,25)19-8-5-7-17(14-19)20(23)22-13-4-3-6-16(22)2/h5,7-12,14,16,21H,3-4,6,13H2,1-2H3/t16-/m0/s1. The van der Waals surface area contributed by atoms with Crippen LogP contribution in [-0.2, 0) is 10.0 Å². The van der Waals surface area contributed by atoms with Crippen LogP contribution in [0.15, 0.2) is 53.4 Å². The first kappa shape index (κ1) is 18.5. The van der Waals surface area contributed by atoms with Gasteiger partial charge in [0.2, 0.25) is 0 Å². The van der Waals surface area contributed by atoms with Gasteiger partial charge >= 0.3 is 0 Å². The summed E-state index contributed by atoms with van der Waals surface area (Å²) in [6.45, 7) is 4.70. The number of rotatable bonds is 4. The van der Waals surface area contributed by atoms with Gasteiger partial charge in [-0.05, 0) is 63.4 Å². The van der Waals surface area contributed by atoms with Crippen molar-refractivity contribution in [3.63, 3.8) is 0 Å². The van der Waals surface area contributed by atoms with E-state index in [2.05, 4.69) is 4.72 Å². The number of likely N-dealkylation sites (tertiary alicyclic amines) is 1. The number of hydrogen-bond donors (Lipinski definition) is 1. The van der Waals surface area contributed by atoms with Crippen LogP contribution in [-0.4, -0.2) is 31.8 Å². The first-order valence-electron chi connectivity index (χ1n) is 8.87. The van der Waals surface area contributed by atoms with Crippen LogP contribution in [0.1, 0.15) is 42.1 Å². The summed E-state index contributed by atoms with van der Waals surface area (Å²) in [5.41, 5.74) is 1.96. The zero-order valence-electron chi connectivity index (χ0n) is 15.1. The van der Waals surface area contributed by atoms with Crippen LogP contribution < -0.4 is 4.72 Å². The molecule has 138 valence electrons. The number of nitrogens with zero attached hydrogens (tertiary/aromatic N) is 1. The lowest BCUT2D eigenvalue weighted by Gasteiger charge is -2.33. The molecule has 0 unspecified atom stereocenters. The van der Waals surface area contributed by atoms with Gasteiger partial charge in [0.05, 0.1) is 4.90 Å². The zero-order valence-corrected chi connectivity index (χ0v) is 15.9. The lowest BCUT2D eigenvalue weighted by molar-refractivity contribution is 0.0635. The highest BCUT2D eigenvalue weighted by atomic mass is 32.2. The van der Waals surface area contributed by atoms with Crippen molar-refractivity contribution in [2.45, 2.75) is 44.0 Å². The van der Waals surface area contributed by atoms with Crippen LogP contribution in [0.4, 0.5) is 5.69 Å². The van der Waals surface area contributed by atoms with Gasteiger partial charge in [0.25, 0.3) is 15.9 Å². The highest BCUT2D eigenvalue weighted by Crippen LogP contribution is 2.22. The first-order chi connectivity index (χ1) is 12.4. The molecular formula is C20H24N2O3S. The fourth-order valence-electron chi connectivity index (χ4n) is 3.20. The molecule has 1 N–H and O–H groups in total. The van der Waals surface area contributed by atoms with Crippen molar-refractivity contribution in [3.05, 3.63) is 59.7 Å². The first-order valence-corrected chi connectivity index (χ1v) is 10.4. The predicted octanol–water partition coefficient (Wildman–Crippen LogP) is 3.81. The number of piperidine rings is 1. The topological polar surface area (TPSA) is 66.5 Å². The smallest absolute Gasteiger partial charge is 0.261 e. The van der Waals surface area contributed by atoms with Crippen LogP contribution in [0.3, 0.4) is 0 Å². The molecule has 1 fully saturated rings. The van der Waals surface area contributed by atoms with Gasteiger partial charge in [-0.1, -0.05) is 23.8 Å². The molecule has 1 aliphatic heterocycles. The number of carbonyl (C=O) groups excluding carboxylic acids is 1. The van der Waals surface area contributed by atoms with E-state index >= 15 is 0 Å². The maximum absolute atomic E-state index is 12.8. The van der Waals surface area contributed by atoms with Gasteiger partial charge in [-0.3, -0.25) is 9.52 Å². The number of nitrogens with one attached hydrogen (secondary N) is 1. The minimum atomic E-state index is -3.75. The summed E-state index contributed by atoms with van der Waals surface area (Å²) in [5.74, 6) is -0.107. The van der Waals surface area contributed by atoms with Crippen LogP contribution in [0, 0.1) is 6.92 Å². The van der Waals surface area contributed by atoms with E-state index in [1.807, 2.05) is 30.9 Å². The van der Waals surface area contributed by atoms with E-state index in [0.29, 0.717) is 11.3 Å². The number of amides is 1. The average molecular weight is 372 g/mol. The van der Waals surface area contributed by atoms with Crippen molar-refractivity contribution in [1.29, 1.82) is 0 Å². The Labute approximate surface area is 155 Å². The number of carbonyl (C=O) groups is 1. The molecule has 1 heterocycles. The Balaban J connectivity index is 1.83. The summed E-state index contributed by atoms with van der Waals surface area (Å²) in [6.07, 6.45) is 3.10. The van der Waals surface area contributed by atoms with E-state index in [4.69, 9.17) is 0 Å². The molecule has 6 heteroatoms. The fourth-order valence-corrected chi connectivity index (χ4v) is 4.30. The molecule has 2 aromatic carbocycles. The molecule has 1 amide bonds. The molecular weight excluding hydrogens is 348 g/mol. The molecule has 3 rings (SSSR count). The largest absolute Gasteiger partial charge is 0.336 e. The second kappa shape index (κ2) is 7.50. The highest BCUT2D eigenvalue weighted by Gasteiger charge is 2.25. The van der Waals surface area contributed by atoms with Crippen molar-refractivity contribution < 1.29 is 13.2 Å². The predicted molar refractivity (Wildman–Crippen MR) is 103 cm³/mol. The molecule has 0 radical (unpaired) electrons. The lowest BCUT2D eigenvalue weighted by atomic mass is 10.0. The molecule has 1 saturated heterocycles. The quantitative estimate of drug-likeness (QED) is 0.887. The molecule has 0 saturated carbocycles. The molecule has 1 atom stereocenters. The number of benzene rings is 2. The monoisotopic (exact) mass is 372 g/mol. The maximum atomic E-state index is 12.8. The van der Waals surface area contributed by atoms with Crippen LogP contribution >= 0.6 is 0 Å². The molecule has 1 aliphatic rings. The van der Waals surface area contributed by atoms with E-state index in [1.165, 1.54) is 12.1 Å². The van der Waals surface area contributed by atoms with Crippen molar-refractivity contribution in [3.8, 4) is 0 Å². The molecule has 0 aromatic heterocycles. The maximum Gasteiger partial charge on any atom is 0.261 e. The summed E-state index contributed by atoms with van der Waals surface area (Å²) in [7, 11) is -3.75. The van der Waals surface area contributed by atoms with E-state index < -0.39 is 10.0 Å². The second-order valence-corrected chi connectivity index (χ2v) is 8.53. The third-order valence-electron chi connectivity index (χ3n) is 4.76. The summed E-state index contributed by atoms with van der Waals surface area (Å²) in [6, 6.07) is 13.6. The molecule has 0 aliphatic carbocycles. The van der Waals surface area contributed by atoms with Gasteiger partial charge in [-0.2, -0.15) is 0 Å². The van der Waals surface area contributed by atoms with Gasteiger partial charge in [0.15, 0.2) is 0 Å². The van der Waals surface area contributed by atoms with E-state index in [0.717, 1.165) is 31.4 Å². The van der Waals surface area contributed by atoms with E-state index in [1.54, 1.807) is 24.3 Å². The summed E-state index contributed by atoms with van der Waals surface area (Å²) >= 11 is 0. The Morgan fingerprint density at radius 2 is 1.85 bits per heavy atom. The summed E-state index contributed by atoms with van der Waals surface area (Å²) < 4.78 is 27.9. The molecule has 5 nitrogen and oxygen atoms in total. The van der Waals surface area contributed by atoms with Gasteiger partial charge in [-0.15, -0.1) is 0 Å². The van der Waals surface area contributed by atoms with Crippen LogP contribution in [0.25, 0.3) is 0 Å². The zero-order chi connectivity index (χ0) is 18.7. The van der Waals surface area contributed by atoms with Gasteiger partial charge in [0.1, 0.15) is 0 Å². The molecule has 2 aromatic rings. The van der Waals surface area contributed by atoms with E-state index in [9.17, 15) is 13.2 Å². The van der Waals surface area contributed by atoms with Crippen LogP contribution in [0.5, 0.6) is 0 Å². The summed E-state index contributed by atoms with van der Waals surface area (Å²) in [5, 5.41) is 0. The second-order valence-electron chi connectivity index (χ2n) is 6.84. The Morgan fingerprint density at radius 3 is 2.54 bits per heavy atom. The van der Waals surface area contributed by atoms with E-state index in [-0.39, 0.29) is 16.8 Å². The minimum Gasteiger partial charge on any atom is -0.336 e. The van der Waals surface area contributed by atoms with Crippen LogP contribution in [0.2, 0.25) is 0 Å². The normalized spacial score (nSPS) is 17.8. The number of hydrogen-bond acceptors (Lipinski definition) is 3. The third-order valence-corrected chi connectivity index (χ3v) is 6.14. The van der Waals surface area contributed by atoms with Crippen molar-refractivity contribution in [2.75, 3.05) is 11.3 Å². The lowest BCUT2D eigenvalue weighted by Crippen LogP contribution is -2.42. The molecule has 26 heavy (non-hydrogen) atoms. The third kappa shape index (κ3) is 4.07. The number of aryl methyl sites for hydroxylation is 1. The number of anilines is 1. The Morgan fingerprint density at radius 1 is 1.12 bits per heavy atom. The number of sulfonamides is 1. The van der Waals surface area contributed by atoms with Crippen molar-refractivity contribution in [1.82, 2.24) is 4.90 Å². The van der Waals surface area contributed by atoms with Gasteiger partial charge < -0.3 is 4.90 Å². The van der Waals surface area contributed by atoms with Gasteiger partial charge in [-0.25, -0.2) is 8.42 Å².